The van der Waals surface area contributed by atoms with Crippen molar-refractivity contribution in [2.24, 2.45) is 11.8 Å². The summed E-state index contributed by atoms with van der Waals surface area (Å²) in [5.41, 5.74) is 0.573. The van der Waals surface area contributed by atoms with Crippen molar-refractivity contribution >= 4 is 5.91 Å². The first-order chi connectivity index (χ1) is 11.2. The van der Waals surface area contributed by atoms with Gasteiger partial charge in [0.15, 0.2) is 11.5 Å². The molecule has 0 spiro atoms. The molecule has 2 aliphatic rings. The molecule has 2 fully saturated rings. The first kappa shape index (κ1) is 16.1. The van der Waals surface area contributed by atoms with Crippen molar-refractivity contribution in [2.45, 2.75) is 12.5 Å². The minimum absolute atomic E-state index is 0.0814. The van der Waals surface area contributed by atoms with E-state index < -0.39 is 0 Å². The molecule has 126 valence electrons. The van der Waals surface area contributed by atoms with Crippen LogP contribution < -0.4 is 14.8 Å². The molecule has 1 aromatic carbocycles. The van der Waals surface area contributed by atoms with E-state index in [0.717, 1.165) is 19.6 Å². The molecular weight excluding hydrogens is 298 g/mol. The normalized spacial score (nSPS) is 25.4. The molecule has 0 aromatic heterocycles. The molecule has 6 nitrogen and oxygen atoms in total. The van der Waals surface area contributed by atoms with E-state index in [2.05, 4.69) is 5.32 Å². The van der Waals surface area contributed by atoms with Gasteiger partial charge in [0.05, 0.1) is 20.3 Å². The molecule has 1 saturated heterocycles. The van der Waals surface area contributed by atoms with Crippen LogP contribution in [0, 0.1) is 11.8 Å². The van der Waals surface area contributed by atoms with Crippen LogP contribution in [-0.4, -0.2) is 52.6 Å². The molecule has 0 radical (unpaired) electrons. The van der Waals surface area contributed by atoms with Gasteiger partial charge in [0.1, 0.15) is 6.61 Å². The highest BCUT2D eigenvalue weighted by atomic mass is 16.5. The quantitative estimate of drug-likeness (QED) is 0.771. The van der Waals surface area contributed by atoms with E-state index in [4.69, 9.17) is 18.9 Å². The van der Waals surface area contributed by atoms with Gasteiger partial charge in [-0.2, -0.15) is 0 Å². The third kappa shape index (κ3) is 3.43. The Morgan fingerprint density at radius 1 is 1.26 bits per heavy atom. The Labute approximate surface area is 136 Å². The lowest BCUT2D eigenvalue weighted by Crippen LogP contribution is -2.51. The van der Waals surface area contributed by atoms with Crippen molar-refractivity contribution in [1.29, 1.82) is 0 Å². The number of rotatable bonds is 7. The average molecular weight is 321 g/mol. The molecule has 0 unspecified atom stereocenters. The second-order valence-corrected chi connectivity index (χ2v) is 5.98. The van der Waals surface area contributed by atoms with Crippen molar-refractivity contribution in [3.63, 3.8) is 0 Å². The van der Waals surface area contributed by atoms with Crippen molar-refractivity contribution < 1.29 is 23.7 Å². The summed E-state index contributed by atoms with van der Waals surface area (Å²) in [5, 5.41) is 3.09. The maximum atomic E-state index is 12.4. The number of carbonyl (C=O) groups is 1. The van der Waals surface area contributed by atoms with Crippen molar-refractivity contribution in [2.75, 3.05) is 40.6 Å². The van der Waals surface area contributed by atoms with Crippen LogP contribution in [0.4, 0.5) is 0 Å². The predicted octanol–water partition coefficient (Wildman–Crippen LogP) is 1.49. The van der Waals surface area contributed by atoms with Crippen LogP contribution in [0.25, 0.3) is 0 Å². The third-order valence-electron chi connectivity index (χ3n) is 4.61. The largest absolute Gasteiger partial charge is 0.493 e. The van der Waals surface area contributed by atoms with Crippen LogP contribution >= 0.6 is 0 Å². The number of carbonyl (C=O) groups excluding carboxylic acids is 1. The zero-order chi connectivity index (χ0) is 16.2. The topological polar surface area (TPSA) is 66.0 Å². The summed E-state index contributed by atoms with van der Waals surface area (Å²) in [6.45, 7) is 2.52. The number of hydrogen-bond donors (Lipinski definition) is 1. The fourth-order valence-corrected chi connectivity index (χ4v) is 3.19. The maximum absolute atomic E-state index is 12.4. The molecule has 1 aliphatic carbocycles. The second kappa shape index (κ2) is 7.19. The Morgan fingerprint density at radius 3 is 2.87 bits per heavy atom. The summed E-state index contributed by atoms with van der Waals surface area (Å²) in [5.74, 6) is 2.16. The van der Waals surface area contributed by atoms with Gasteiger partial charge in [-0.3, -0.25) is 4.79 Å². The molecule has 1 aromatic rings. The minimum atomic E-state index is -0.0814. The fraction of sp³-hybridized carbons (Fsp3) is 0.588. The van der Waals surface area contributed by atoms with E-state index in [0.29, 0.717) is 42.1 Å². The first-order valence-corrected chi connectivity index (χ1v) is 7.91. The molecule has 6 heteroatoms. The van der Waals surface area contributed by atoms with Crippen LogP contribution in [0.2, 0.25) is 0 Å². The van der Waals surface area contributed by atoms with Crippen molar-refractivity contribution in [1.82, 2.24) is 5.32 Å². The fourth-order valence-electron chi connectivity index (χ4n) is 3.19. The number of amides is 1. The van der Waals surface area contributed by atoms with Crippen LogP contribution in [0.5, 0.6) is 11.5 Å². The molecule has 1 heterocycles. The number of ether oxygens (including phenoxy) is 4. The standard InChI is InChI=1S/C17H23NO5/c1-20-5-6-23-15-4-3-11(8-16(15)21-2)17(19)18-14-7-12-9-22-10-13(12)14/h3-4,8,12-14H,5-7,9-10H2,1-2H3,(H,18,19)/t12-,13+,14-/m1/s1. The highest BCUT2D eigenvalue weighted by Crippen LogP contribution is 2.39. The number of nitrogens with one attached hydrogen (secondary N) is 1. The smallest absolute Gasteiger partial charge is 0.251 e. The Balaban J connectivity index is 1.61. The number of methoxy groups -OCH3 is 2. The van der Waals surface area contributed by atoms with Crippen LogP contribution in [0.1, 0.15) is 16.8 Å². The number of fused-ring (bicyclic) bond motifs is 1. The minimum Gasteiger partial charge on any atom is -0.493 e. The van der Waals surface area contributed by atoms with E-state index in [1.54, 1.807) is 32.4 Å². The average Bonchev–Trinajstić information content (AvgIpc) is 2.93. The zero-order valence-electron chi connectivity index (χ0n) is 13.5. The molecular formula is C17H23NO5. The number of benzene rings is 1. The van der Waals surface area contributed by atoms with Gasteiger partial charge in [-0.05, 0) is 30.5 Å². The van der Waals surface area contributed by atoms with Crippen LogP contribution in [-0.2, 0) is 9.47 Å². The Hall–Kier alpha value is -1.79. The predicted molar refractivity (Wildman–Crippen MR) is 84.0 cm³/mol. The summed E-state index contributed by atoms with van der Waals surface area (Å²) < 4.78 is 21.3. The van der Waals surface area contributed by atoms with Crippen molar-refractivity contribution in [3.05, 3.63) is 23.8 Å². The van der Waals surface area contributed by atoms with Gasteiger partial charge in [-0.25, -0.2) is 0 Å². The molecule has 3 atom stereocenters. The number of hydrogen-bond acceptors (Lipinski definition) is 5. The molecule has 23 heavy (non-hydrogen) atoms. The summed E-state index contributed by atoms with van der Waals surface area (Å²) in [4.78, 5) is 12.4. The molecule has 1 saturated carbocycles. The van der Waals surface area contributed by atoms with Gasteiger partial charge in [-0.1, -0.05) is 0 Å². The van der Waals surface area contributed by atoms with Gasteiger partial charge < -0.3 is 24.3 Å². The van der Waals surface area contributed by atoms with Gasteiger partial charge in [0, 0.05) is 31.2 Å². The zero-order valence-corrected chi connectivity index (χ0v) is 13.5. The van der Waals surface area contributed by atoms with Crippen LogP contribution in [0.3, 0.4) is 0 Å². The lowest BCUT2D eigenvalue weighted by atomic mass is 9.71. The summed E-state index contributed by atoms with van der Waals surface area (Å²) in [6.07, 6.45) is 1.01. The third-order valence-corrected chi connectivity index (χ3v) is 4.61. The Bertz CT molecular complexity index is 562. The second-order valence-electron chi connectivity index (χ2n) is 5.98. The van der Waals surface area contributed by atoms with Crippen molar-refractivity contribution in [3.8, 4) is 11.5 Å². The van der Waals surface area contributed by atoms with Gasteiger partial charge in [0.25, 0.3) is 5.91 Å². The Morgan fingerprint density at radius 2 is 2.13 bits per heavy atom. The molecule has 3 rings (SSSR count). The highest BCUT2D eigenvalue weighted by Gasteiger charge is 2.45. The molecule has 0 bridgehead atoms. The van der Waals surface area contributed by atoms with E-state index >= 15 is 0 Å². The summed E-state index contributed by atoms with van der Waals surface area (Å²) in [6, 6.07) is 5.43. The van der Waals surface area contributed by atoms with Gasteiger partial charge in [-0.15, -0.1) is 0 Å². The monoisotopic (exact) mass is 321 g/mol. The summed E-state index contributed by atoms with van der Waals surface area (Å²) >= 11 is 0. The lowest BCUT2D eigenvalue weighted by molar-refractivity contribution is 0.0831. The SMILES string of the molecule is COCCOc1ccc(C(=O)N[C@@H]2C[C@@H]3COC[C@@H]32)cc1OC. The Kier molecular flexibility index (Phi) is 5.03. The molecule has 1 N–H and O–H groups in total. The lowest BCUT2D eigenvalue weighted by Gasteiger charge is -2.39. The summed E-state index contributed by atoms with van der Waals surface area (Å²) in [7, 11) is 3.18. The van der Waals surface area contributed by atoms with E-state index in [-0.39, 0.29) is 11.9 Å². The van der Waals surface area contributed by atoms with E-state index in [9.17, 15) is 4.79 Å². The maximum Gasteiger partial charge on any atom is 0.251 e. The van der Waals surface area contributed by atoms with Crippen LogP contribution in [0.15, 0.2) is 18.2 Å². The molecule has 1 aliphatic heterocycles. The molecule has 1 amide bonds. The van der Waals surface area contributed by atoms with E-state index in [1.807, 2.05) is 0 Å². The van der Waals surface area contributed by atoms with Gasteiger partial charge in [0.2, 0.25) is 0 Å². The first-order valence-electron chi connectivity index (χ1n) is 7.91. The van der Waals surface area contributed by atoms with E-state index in [1.165, 1.54) is 0 Å². The highest BCUT2D eigenvalue weighted by molar-refractivity contribution is 5.95. The van der Waals surface area contributed by atoms with Gasteiger partial charge >= 0.3 is 0 Å².